The first-order valence-corrected chi connectivity index (χ1v) is 12.9. The summed E-state index contributed by atoms with van der Waals surface area (Å²) in [6.45, 7) is 9.82. The number of aromatic nitrogens is 7. The largest absolute Gasteiger partial charge is 0.383 e. The number of rotatable bonds is 10. The Morgan fingerprint density at radius 2 is 2.00 bits per heavy atom. The number of carbonyl (C=O) groups excluding carboxylic acids is 1. The van der Waals surface area contributed by atoms with Gasteiger partial charge in [-0.05, 0) is 31.4 Å². The highest BCUT2D eigenvalue weighted by Crippen LogP contribution is 2.29. The van der Waals surface area contributed by atoms with Crippen LogP contribution in [0.15, 0.2) is 30.9 Å². The van der Waals surface area contributed by atoms with Gasteiger partial charge in [0, 0.05) is 33.1 Å². The fraction of sp³-hybridized carbons (Fsp3) is 0.462. The van der Waals surface area contributed by atoms with Crippen molar-refractivity contribution in [3.63, 3.8) is 0 Å². The number of pyridine rings is 1. The quantitative estimate of drug-likeness (QED) is 0.279. The lowest BCUT2D eigenvalue weighted by Crippen LogP contribution is -2.32. The first-order valence-electron chi connectivity index (χ1n) is 12.9. The van der Waals surface area contributed by atoms with Gasteiger partial charge in [0.05, 0.1) is 60.2 Å². The highest BCUT2D eigenvalue weighted by molar-refractivity contribution is 5.93. The third kappa shape index (κ3) is 6.32. The second-order valence-electron chi connectivity index (χ2n) is 10.7. The second-order valence-corrected chi connectivity index (χ2v) is 10.7. The molecule has 5 rings (SSSR count). The van der Waals surface area contributed by atoms with Gasteiger partial charge in [0.2, 0.25) is 11.9 Å². The van der Waals surface area contributed by atoms with Gasteiger partial charge < -0.3 is 20.7 Å². The number of methoxy groups -OCH3 is 1. The maximum atomic E-state index is 12.7. The van der Waals surface area contributed by atoms with Gasteiger partial charge >= 0.3 is 0 Å². The van der Waals surface area contributed by atoms with Gasteiger partial charge in [-0.2, -0.15) is 15.2 Å². The van der Waals surface area contributed by atoms with Gasteiger partial charge in [0.1, 0.15) is 0 Å². The van der Waals surface area contributed by atoms with E-state index in [1.165, 1.54) is 0 Å². The minimum atomic E-state index is -0.0507. The molecule has 0 atom stereocenters. The number of likely N-dealkylation sites (tertiary alicyclic amines) is 1. The molecule has 0 spiro atoms. The predicted molar refractivity (Wildman–Crippen MR) is 149 cm³/mol. The number of anilines is 5. The van der Waals surface area contributed by atoms with Crippen LogP contribution < -0.4 is 16.0 Å². The Hall–Kier alpha value is -4.10. The molecule has 1 saturated heterocycles. The van der Waals surface area contributed by atoms with E-state index in [2.05, 4.69) is 59.8 Å². The van der Waals surface area contributed by atoms with E-state index in [0.717, 1.165) is 42.0 Å². The van der Waals surface area contributed by atoms with Crippen LogP contribution in [0.2, 0.25) is 0 Å². The van der Waals surface area contributed by atoms with Crippen molar-refractivity contribution >= 4 is 45.8 Å². The number of aryl methyl sites for hydroxylation is 2. The van der Waals surface area contributed by atoms with Gasteiger partial charge in [-0.25, -0.2) is 9.67 Å². The molecule has 0 bridgehead atoms. The zero-order valence-electron chi connectivity index (χ0n) is 23.0. The minimum Gasteiger partial charge on any atom is -0.383 e. The first-order chi connectivity index (χ1) is 18.7. The highest BCUT2D eigenvalue weighted by atomic mass is 16.5. The fourth-order valence-corrected chi connectivity index (χ4v) is 4.67. The lowest BCUT2D eigenvalue weighted by Gasteiger charge is -2.19. The van der Waals surface area contributed by atoms with E-state index in [-0.39, 0.29) is 11.3 Å². The Morgan fingerprint density at radius 3 is 2.77 bits per heavy atom. The lowest BCUT2D eigenvalue weighted by molar-refractivity contribution is -0.117. The van der Waals surface area contributed by atoms with Crippen LogP contribution in [0, 0.1) is 12.3 Å². The number of hydrogen-bond acceptors (Lipinski definition) is 10. The molecular formula is C26H35N11O2. The summed E-state index contributed by atoms with van der Waals surface area (Å²) in [5.74, 6) is 0.983. The molecule has 1 aliphatic heterocycles. The molecule has 0 saturated carbocycles. The smallest absolute Gasteiger partial charge is 0.238 e. The first kappa shape index (κ1) is 26.5. The van der Waals surface area contributed by atoms with Crippen molar-refractivity contribution < 1.29 is 9.53 Å². The SMILES string of the molecule is COCCn1cc(Nc2ncc3c(Nc4cc(NC(=O)CN5CCC(C)(C)C5)cnc4C)nn(C)c3n2)cn1. The number of carbonyl (C=O) groups is 1. The molecule has 206 valence electrons. The summed E-state index contributed by atoms with van der Waals surface area (Å²) in [5.41, 5.74) is 3.83. The molecule has 13 nitrogen and oxygen atoms in total. The average molecular weight is 534 g/mol. The van der Waals surface area contributed by atoms with Crippen LogP contribution in [0.4, 0.5) is 28.8 Å². The zero-order chi connectivity index (χ0) is 27.6. The molecule has 39 heavy (non-hydrogen) atoms. The molecule has 1 amide bonds. The topological polar surface area (TPSA) is 140 Å². The van der Waals surface area contributed by atoms with Crippen LogP contribution in [0.3, 0.4) is 0 Å². The Balaban J connectivity index is 1.28. The Kier molecular flexibility index (Phi) is 7.44. The fourth-order valence-electron chi connectivity index (χ4n) is 4.67. The minimum absolute atomic E-state index is 0.0507. The molecular weight excluding hydrogens is 498 g/mol. The van der Waals surface area contributed by atoms with E-state index >= 15 is 0 Å². The molecule has 0 aromatic carbocycles. The summed E-state index contributed by atoms with van der Waals surface area (Å²) in [6, 6.07) is 1.87. The molecule has 3 N–H and O–H groups in total. The van der Waals surface area contributed by atoms with Crippen molar-refractivity contribution in [1.29, 1.82) is 0 Å². The summed E-state index contributed by atoms with van der Waals surface area (Å²) in [6.07, 6.45) is 8.07. The average Bonchev–Trinajstić information content (AvgIpc) is 3.57. The van der Waals surface area contributed by atoms with Crippen molar-refractivity contribution in [2.75, 3.05) is 49.3 Å². The van der Waals surface area contributed by atoms with Crippen LogP contribution in [0.25, 0.3) is 11.0 Å². The monoisotopic (exact) mass is 533 g/mol. The van der Waals surface area contributed by atoms with E-state index in [1.807, 2.05) is 26.2 Å². The number of hydrogen-bond donors (Lipinski definition) is 3. The summed E-state index contributed by atoms with van der Waals surface area (Å²) < 4.78 is 8.58. The molecule has 0 unspecified atom stereocenters. The number of nitrogens with one attached hydrogen (secondary N) is 3. The Labute approximate surface area is 227 Å². The molecule has 0 radical (unpaired) electrons. The van der Waals surface area contributed by atoms with Crippen molar-refractivity contribution in [1.82, 2.24) is 39.4 Å². The van der Waals surface area contributed by atoms with E-state index in [0.29, 0.717) is 42.8 Å². The van der Waals surface area contributed by atoms with Crippen molar-refractivity contribution in [3.05, 3.63) is 36.5 Å². The van der Waals surface area contributed by atoms with Crippen molar-refractivity contribution in [2.45, 2.75) is 33.7 Å². The normalized spacial score (nSPS) is 15.1. The molecule has 5 heterocycles. The van der Waals surface area contributed by atoms with Crippen molar-refractivity contribution in [2.24, 2.45) is 12.5 Å². The summed E-state index contributed by atoms with van der Waals surface area (Å²) in [4.78, 5) is 28.4. The summed E-state index contributed by atoms with van der Waals surface area (Å²) >= 11 is 0. The molecule has 13 heteroatoms. The third-order valence-corrected chi connectivity index (χ3v) is 6.74. The Bertz CT molecular complexity index is 1480. The van der Waals surface area contributed by atoms with Gasteiger partial charge in [-0.3, -0.25) is 19.4 Å². The van der Waals surface area contributed by atoms with Gasteiger partial charge in [0.15, 0.2) is 11.5 Å². The maximum Gasteiger partial charge on any atom is 0.238 e. The van der Waals surface area contributed by atoms with Gasteiger partial charge in [0.25, 0.3) is 0 Å². The van der Waals surface area contributed by atoms with Gasteiger partial charge in [-0.15, -0.1) is 0 Å². The number of nitrogens with zero attached hydrogens (tertiary/aromatic N) is 8. The summed E-state index contributed by atoms with van der Waals surface area (Å²) in [7, 11) is 3.49. The van der Waals surface area contributed by atoms with Crippen LogP contribution >= 0.6 is 0 Å². The lowest BCUT2D eigenvalue weighted by atomic mass is 9.93. The van der Waals surface area contributed by atoms with E-state index in [9.17, 15) is 4.79 Å². The highest BCUT2D eigenvalue weighted by Gasteiger charge is 2.30. The third-order valence-electron chi connectivity index (χ3n) is 6.74. The van der Waals surface area contributed by atoms with Crippen LogP contribution in [0.1, 0.15) is 26.0 Å². The van der Waals surface area contributed by atoms with Gasteiger partial charge in [-0.1, -0.05) is 13.8 Å². The van der Waals surface area contributed by atoms with E-state index in [1.54, 1.807) is 35.1 Å². The van der Waals surface area contributed by atoms with E-state index < -0.39 is 0 Å². The molecule has 1 fully saturated rings. The molecule has 4 aromatic rings. The standard InChI is InChI=1S/C26H35N11O2/c1-17-21(10-18(11-27-17)30-22(38)15-36-7-6-26(2,3)16-36)32-23-20-13-28-25(33-24(20)35(4)34-23)31-19-12-29-37(14-19)8-9-39-5/h10-14H,6-9,15-16H2,1-5H3,(H,30,38)(H,32,34)(H,28,31,33). The second kappa shape index (κ2) is 10.9. The number of ether oxygens (including phenoxy) is 1. The summed E-state index contributed by atoms with van der Waals surface area (Å²) in [5, 5.41) is 19.2. The number of amides is 1. The molecule has 1 aliphatic rings. The predicted octanol–water partition coefficient (Wildman–Crippen LogP) is 3.07. The maximum absolute atomic E-state index is 12.7. The molecule has 4 aromatic heterocycles. The van der Waals surface area contributed by atoms with Crippen LogP contribution in [0.5, 0.6) is 0 Å². The zero-order valence-corrected chi connectivity index (χ0v) is 23.0. The Morgan fingerprint density at radius 1 is 1.15 bits per heavy atom. The van der Waals surface area contributed by atoms with Crippen LogP contribution in [-0.2, 0) is 23.1 Å². The molecule has 0 aliphatic carbocycles. The number of fused-ring (bicyclic) bond motifs is 1. The van der Waals surface area contributed by atoms with Crippen molar-refractivity contribution in [3.8, 4) is 0 Å². The van der Waals surface area contributed by atoms with Crippen LogP contribution in [-0.4, -0.2) is 78.7 Å². The van der Waals surface area contributed by atoms with E-state index in [4.69, 9.17) is 4.74 Å².